The summed E-state index contributed by atoms with van der Waals surface area (Å²) in [5, 5.41) is 12.8. The molecule has 1 fully saturated rings. The van der Waals surface area contributed by atoms with E-state index >= 15 is 0 Å². The number of hydrogen-bond acceptors (Lipinski definition) is 4. The van der Waals surface area contributed by atoms with Crippen LogP contribution in [0.4, 0.5) is 13.2 Å². The van der Waals surface area contributed by atoms with Gasteiger partial charge in [0.15, 0.2) is 11.4 Å². The van der Waals surface area contributed by atoms with Gasteiger partial charge in [0, 0.05) is 37.0 Å². The minimum absolute atomic E-state index is 0.0776. The van der Waals surface area contributed by atoms with Gasteiger partial charge in [-0.25, -0.2) is 13.2 Å². The van der Waals surface area contributed by atoms with Crippen molar-refractivity contribution in [2.75, 3.05) is 13.1 Å². The van der Waals surface area contributed by atoms with Crippen LogP contribution in [-0.4, -0.2) is 45.5 Å². The van der Waals surface area contributed by atoms with Crippen LogP contribution in [0, 0.1) is 5.92 Å². The van der Waals surface area contributed by atoms with Gasteiger partial charge in [0.25, 0.3) is 11.8 Å². The lowest BCUT2D eigenvalue weighted by Gasteiger charge is -2.38. The third kappa shape index (κ3) is 4.60. The number of nitrogens with zero attached hydrogens (tertiary/aromatic N) is 2. The van der Waals surface area contributed by atoms with Gasteiger partial charge in [-0.15, -0.1) is 0 Å². The maximum Gasteiger partial charge on any atom is 0.274 e. The van der Waals surface area contributed by atoms with Crippen LogP contribution in [0.15, 0.2) is 46.7 Å². The van der Waals surface area contributed by atoms with Crippen LogP contribution in [0.5, 0.6) is 5.75 Å². The number of carbonyl (C=O) groups is 2. The van der Waals surface area contributed by atoms with Gasteiger partial charge in [-0.3, -0.25) is 14.4 Å². The molecule has 0 aliphatic carbocycles. The fourth-order valence-electron chi connectivity index (χ4n) is 4.26. The third-order valence-electron chi connectivity index (χ3n) is 6.40. The van der Waals surface area contributed by atoms with Crippen LogP contribution in [0.2, 0.25) is 0 Å². The SMILES string of the molecule is C=C(F)/C=C(F)\C(CNC(=O)c1cn2c(c(O)c1=O)C(=O)N1CC2CCC(C)C1C)=C(/C)F. The zero-order valence-electron chi connectivity index (χ0n) is 18.6. The summed E-state index contributed by atoms with van der Waals surface area (Å²) in [6.45, 7) is 7.44. The van der Waals surface area contributed by atoms with Crippen molar-refractivity contribution in [3.8, 4) is 5.75 Å². The molecule has 0 aromatic carbocycles. The molecule has 2 aliphatic rings. The van der Waals surface area contributed by atoms with E-state index in [1.165, 1.54) is 10.8 Å². The second-order valence-electron chi connectivity index (χ2n) is 8.52. The minimum atomic E-state index is -1.26. The van der Waals surface area contributed by atoms with Crippen molar-refractivity contribution in [3.63, 3.8) is 0 Å². The van der Waals surface area contributed by atoms with Crippen LogP contribution in [0.1, 0.15) is 60.5 Å². The Morgan fingerprint density at radius 3 is 2.55 bits per heavy atom. The number of amides is 2. The second-order valence-corrected chi connectivity index (χ2v) is 8.52. The first-order chi connectivity index (χ1) is 15.4. The molecule has 3 unspecified atom stereocenters. The molecule has 2 N–H and O–H groups in total. The Morgan fingerprint density at radius 1 is 1.27 bits per heavy atom. The molecule has 0 radical (unpaired) electrons. The van der Waals surface area contributed by atoms with Crippen molar-refractivity contribution in [1.82, 2.24) is 14.8 Å². The van der Waals surface area contributed by atoms with Gasteiger partial charge in [0.05, 0.1) is 6.04 Å². The largest absolute Gasteiger partial charge is 0.503 e. The second kappa shape index (κ2) is 9.29. The average molecular weight is 465 g/mol. The molecule has 33 heavy (non-hydrogen) atoms. The molecular formula is C23H26F3N3O4. The molecule has 7 nitrogen and oxygen atoms in total. The van der Waals surface area contributed by atoms with Gasteiger partial charge in [-0.2, -0.15) is 0 Å². The van der Waals surface area contributed by atoms with E-state index in [9.17, 15) is 32.7 Å². The summed E-state index contributed by atoms with van der Waals surface area (Å²) < 4.78 is 42.1. The van der Waals surface area contributed by atoms with Crippen molar-refractivity contribution >= 4 is 11.8 Å². The summed E-state index contributed by atoms with van der Waals surface area (Å²) in [5.41, 5.74) is -2.34. The molecular weight excluding hydrogens is 439 g/mol. The standard InChI is InChI=1S/C23H26F3N3O4/c1-11-5-6-15-9-28(14(11)4)23(33)19-21(31)20(30)17(10-29(15)19)22(32)27-8-16(13(3)25)18(26)7-12(2)24/h7,10-11,14-15,31H,2,5-6,8-9H2,1,3-4H3,(H,27,32)/b16-13+,18-7+. The van der Waals surface area contributed by atoms with E-state index in [1.807, 2.05) is 13.8 Å². The Balaban J connectivity index is 1.95. The van der Waals surface area contributed by atoms with Crippen molar-refractivity contribution in [3.05, 3.63) is 63.4 Å². The quantitative estimate of drug-likeness (QED) is 0.649. The highest BCUT2D eigenvalue weighted by Crippen LogP contribution is 2.36. The van der Waals surface area contributed by atoms with Gasteiger partial charge >= 0.3 is 0 Å². The maximum atomic E-state index is 14.0. The molecule has 1 aromatic rings. The molecule has 2 aliphatic heterocycles. The monoisotopic (exact) mass is 465 g/mol. The highest BCUT2D eigenvalue weighted by Gasteiger charge is 2.40. The topological polar surface area (TPSA) is 91.6 Å². The van der Waals surface area contributed by atoms with Crippen molar-refractivity contribution < 1.29 is 27.9 Å². The smallest absolute Gasteiger partial charge is 0.274 e. The Bertz CT molecular complexity index is 1130. The van der Waals surface area contributed by atoms with Crippen LogP contribution < -0.4 is 10.7 Å². The molecule has 0 saturated carbocycles. The number of hydrogen-bond donors (Lipinski definition) is 2. The molecule has 3 heterocycles. The van der Waals surface area contributed by atoms with Crippen LogP contribution >= 0.6 is 0 Å². The normalized spacial score (nSPS) is 23.5. The fourth-order valence-corrected chi connectivity index (χ4v) is 4.26. The number of aromatic hydroxyl groups is 1. The summed E-state index contributed by atoms with van der Waals surface area (Å²) in [5.74, 6) is -5.53. The van der Waals surface area contributed by atoms with E-state index in [0.717, 1.165) is 13.3 Å². The first-order valence-electron chi connectivity index (χ1n) is 10.6. The zero-order chi connectivity index (χ0) is 24.6. The van der Waals surface area contributed by atoms with Gasteiger partial charge in [-0.1, -0.05) is 13.5 Å². The number of fused-ring (bicyclic) bond motifs is 4. The Kier molecular flexibility index (Phi) is 6.85. The Hall–Kier alpha value is -3.30. The summed E-state index contributed by atoms with van der Waals surface area (Å²) in [4.78, 5) is 40.0. The first-order valence-corrected chi connectivity index (χ1v) is 10.6. The molecule has 2 bridgehead atoms. The molecule has 3 rings (SSSR count). The number of rotatable bonds is 5. The number of allylic oxidation sites excluding steroid dienone is 3. The van der Waals surface area contributed by atoms with E-state index in [-0.39, 0.29) is 23.7 Å². The number of pyridine rings is 1. The van der Waals surface area contributed by atoms with E-state index < -0.39 is 58.2 Å². The Morgan fingerprint density at radius 2 is 1.94 bits per heavy atom. The molecule has 1 saturated heterocycles. The van der Waals surface area contributed by atoms with Crippen LogP contribution in [0.25, 0.3) is 0 Å². The molecule has 3 atom stereocenters. The van der Waals surface area contributed by atoms with Crippen LogP contribution in [-0.2, 0) is 0 Å². The number of aromatic nitrogens is 1. The maximum absolute atomic E-state index is 14.0. The van der Waals surface area contributed by atoms with Crippen molar-refractivity contribution in [1.29, 1.82) is 0 Å². The predicted molar refractivity (Wildman–Crippen MR) is 116 cm³/mol. The summed E-state index contributed by atoms with van der Waals surface area (Å²) in [6.07, 6.45) is 3.05. The van der Waals surface area contributed by atoms with Gasteiger partial charge in [-0.05, 0) is 32.6 Å². The van der Waals surface area contributed by atoms with E-state index in [0.29, 0.717) is 19.0 Å². The predicted octanol–water partition coefficient (Wildman–Crippen LogP) is 3.68. The third-order valence-corrected chi connectivity index (χ3v) is 6.40. The van der Waals surface area contributed by atoms with Gasteiger partial charge < -0.3 is 19.9 Å². The van der Waals surface area contributed by atoms with Gasteiger partial charge in [0.1, 0.15) is 23.0 Å². The molecule has 178 valence electrons. The highest BCUT2D eigenvalue weighted by molar-refractivity contribution is 5.99. The van der Waals surface area contributed by atoms with Crippen LogP contribution in [0.3, 0.4) is 0 Å². The first kappa shape index (κ1) is 24.3. The zero-order valence-corrected chi connectivity index (χ0v) is 18.6. The number of carbonyl (C=O) groups excluding carboxylic acids is 2. The van der Waals surface area contributed by atoms with E-state index in [4.69, 9.17) is 0 Å². The molecule has 0 spiro atoms. The number of nitrogens with one attached hydrogen (secondary N) is 1. The lowest BCUT2D eigenvalue weighted by atomic mass is 9.98. The minimum Gasteiger partial charge on any atom is -0.503 e. The average Bonchev–Trinajstić information content (AvgIpc) is 2.85. The Labute approximate surface area is 188 Å². The summed E-state index contributed by atoms with van der Waals surface area (Å²) in [7, 11) is 0. The summed E-state index contributed by atoms with van der Waals surface area (Å²) in [6, 6.07) is -0.325. The lowest BCUT2D eigenvalue weighted by molar-refractivity contribution is 0.0570. The lowest BCUT2D eigenvalue weighted by Crippen LogP contribution is -2.48. The van der Waals surface area contributed by atoms with Crippen molar-refractivity contribution in [2.45, 2.75) is 45.7 Å². The fraction of sp³-hybridized carbons (Fsp3) is 0.435. The molecule has 2 amide bonds. The highest BCUT2D eigenvalue weighted by atomic mass is 19.1. The molecule has 1 aromatic heterocycles. The number of halogens is 3. The van der Waals surface area contributed by atoms with Gasteiger partial charge in [0.2, 0.25) is 5.43 Å². The van der Waals surface area contributed by atoms with E-state index in [1.54, 1.807) is 4.90 Å². The summed E-state index contributed by atoms with van der Waals surface area (Å²) >= 11 is 0. The van der Waals surface area contributed by atoms with E-state index in [2.05, 4.69) is 11.9 Å². The molecule has 10 heteroatoms. The van der Waals surface area contributed by atoms with Crippen molar-refractivity contribution in [2.24, 2.45) is 5.92 Å².